The third-order valence-electron chi connectivity index (χ3n) is 6.06. The SMILES string of the molecule is Nc1cc(CN2CCC(C(=O)N3CCC(Sc4ccc(F)cc4)CC3)CC2)ccn1. The molecule has 4 rings (SSSR count). The molecule has 160 valence electrons. The summed E-state index contributed by atoms with van der Waals surface area (Å²) in [5.41, 5.74) is 6.94. The molecule has 5 nitrogen and oxygen atoms in total. The quantitative estimate of drug-likeness (QED) is 0.785. The largest absolute Gasteiger partial charge is 0.384 e. The highest BCUT2D eigenvalue weighted by Gasteiger charge is 2.31. The zero-order valence-electron chi connectivity index (χ0n) is 17.2. The number of halogens is 1. The fourth-order valence-corrected chi connectivity index (χ4v) is 5.47. The Morgan fingerprint density at radius 3 is 2.43 bits per heavy atom. The van der Waals surface area contributed by atoms with Crippen LogP contribution in [-0.2, 0) is 11.3 Å². The number of nitrogens with two attached hydrogens (primary N) is 1. The van der Waals surface area contributed by atoms with Crippen molar-refractivity contribution in [1.82, 2.24) is 14.8 Å². The summed E-state index contributed by atoms with van der Waals surface area (Å²) in [6.45, 7) is 4.40. The summed E-state index contributed by atoms with van der Waals surface area (Å²) in [7, 11) is 0. The number of carbonyl (C=O) groups is 1. The Kier molecular flexibility index (Phi) is 6.89. The molecular formula is C23H29FN4OS. The van der Waals surface area contributed by atoms with E-state index in [0.717, 1.165) is 63.3 Å². The first-order chi connectivity index (χ1) is 14.6. The van der Waals surface area contributed by atoms with E-state index in [0.29, 0.717) is 17.0 Å². The number of likely N-dealkylation sites (tertiary alicyclic amines) is 2. The van der Waals surface area contributed by atoms with Crippen molar-refractivity contribution in [2.24, 2.45) is 5.92 Å². The van der Waals surface area contributed by atoms with Gasteiger partial charge in [0.15, 0.2) is 0 Å². The highest BCUT2D eigenvalue weighted by atomic mass is 32.2. The first kappa shape index (κ1) is 21.1. The summed E-state index contributed by atoms with van der Waals surface area (Å²) in [5.74, 6) is 0.826. The average molecular weight is 429 g/mol. The molecule has 2 aliphatic heterocycles. The Hall–Kier alpha value is -2.12. The highest BCUT2D eigenvalue weighted by Crippen LogP contribution is 2.31. The fraction of sp³-hybridized carbons (Fsp3) is 0.478. The molecule has 0 spiro atoms. The van der Waals surface area contributed by atoms with Gasteiger partial charge in [-0.25, -0.2) is 9.37 Å². The minimum Gasteiger partial charge on any atom is -0.384 e. The molecule has 0 unspecified atom stereocenters. The standard InChI is InChI=1S/C23H29FN4OS/c24-19-1-3-20(4-2-19)30-21-8-13-28(14-9-21)23(29)18-6-11-27(12-7-18)16-17-5-10-26-22(25)15-17/h1-5,10,15,18,21H,6-9,11-14,16H2,(H2,25,26). The lowest BCUT2D eigenvalue weighted by Crippen LogP contribution is -2.45. The van der Waals surface area contributed by atoms with Crippen LogP contribution in [0.2, 0.25) is 0 Å². The lowest BCUT2D eigenvalue weighted by Gasteiger charge is -2.37. The van der Waals surface area contributed by atoms with E-state index >= 15 is 0 Å². The van der Waals surface area contributed by atoms with E-state index in [9.17, 15) is 9.18 Å². The minimum atomic E-state index is -0.198. The molecule has 1 aromatic heterocycles. The van der Waals surface area contributed by atoms with Gasteiger partial charge >= 0.3 is 0 Å². The highest BCUT2D eigenvalue weighted by molar-refractivity contribution is 8.00. The zero-order chi connectivity index (χ0) is 20.9. The van der Waals surface area contributed by atoms with Crippen LogP contribution in [0.1, 0.15) is 31.2 Å². The van der Waals surface area contributed by atoms with E-state index in [-0.39, 0.29) is 11.7 Å². The second kappa shape index (κ2) is 9.79. The summed E-state index contributed by atoms with van der Waals surface area (Å²) < 4.78 is 13.1. The molecule has 0 saturated carbocycles. The number of thioether (sulfide) groups is 1. The van der Waals surface area contributed by atoms with Crippen molar-refractivity contribution < 1.29 is 9.18 Å². The molecule has 2 saturated heterocycles. The van der Waals surface area contributed by atoms with Crippen LogP contribution in [0, 0.1) is 11.7 Å². The second-order valence-corrected chi connectivity index (χ2v) is 9.61. The fourth-order valence-electron chi connectivity index (χ4n) is 4.35. The van der Waals surface area contributed by atoms with Crippen LogP contribution < -0.4 is 5.73 Å². The lowest BCUT2D eigenvalue weighted by molar-refractivity contribution is -0.138. The van der Waals surface area contributed by atoms with E-state index in [1.165, 1.54) is 17.7 Å². The van der Waals surface area contributed by atoms with Gasteiger partial charge in [0.25, 0.3) is 0 Å². The molecule has 3 heterocycles. The molecule has 0 bridgehead atoms. The van der Waals surface area contributed by atoms with Crippen LogP contribution in [0.5, 0.6) is 0 Å². The van der Waals surface area contributed by atoms with Crippen LogP contribution in [-0.4, -0.2) is 52.1 Å². The van der Waals surface area contributed by atoms with E-state index in [4.69, 9.17) is 5.73 Å². The van der Waals surface area contributed by atoms with Gasteiger partial charge in [0, 0.05) is 41.9 Å². The monoisotopic (exact) mass is 428 g/mol. The number of piperidine rings is 2. The molecule has 0 atom stereocenters. The maximum atomic E-state index is 13.1. The molecule has 2 fully saturated rings. The number of hydrogen-bond donors (Lipinski definition) is 1. The van der Waals surface area contributed by atoms with Gasteiger partial charge in [0.2, 0.25) is 5.91 Å². The summed E-state index contributed by atoms with van der Waals surface area (Å²) in [4.78, 5) is 22.6. The number of hydrogen-bond acceptors (Lipinski definition) is 5. The maximum absolute atomic E-state index is 13.1. The number of carbonyl (C=O) groups excluding carboxylic acids is 1. The van der Waals surface area contributed by atoms with E-state index in [1.54, 1.807) is 18.0 Å². The molecule has 2 aromatic rings. The average Bonchev–Trinajstić information content (AvgIpc) is 2.76. The van der Waals surface area contributed by atoms with Gasteiger partial charge in [0.1, 0.15) is 11.6 Å². The van der Waals surface area contributed by atoms with Gasteiger partial charge < -0.3 is 10.6 Å². The number of benzene rings is 1. The Balaban J connectivity index is 1.21. The summed E-state index contributed by atoms with van der Waals surface area (Å²) in [5, 5.41) is 0.495. The van der Waals surface area contributed by atoms with Gasteiger partial charge in [-0.2, -0.15) is 0 Å². The van der Waals surface area contributed by atoms with Crippen molar-refractivity contribution in [2.45, 2.75) is 42.4 Å². The van der Waals surface area contributed by atoms with Crippen LogP contribution in [0.15, 0.2) is 47.5 Å². The first-order valence-corrected chi connectivity index (χ1v) is 11.6. The van der Waals surface area contributed by atoms with Gasteiger partial charge in [-0.1, -0.05) is 0 Å². The summed E-state index contributed by atoms with van der Waals surface area (Å²) in [6, 6.07) is 10.6. The van der Waals surface area contributed by atoms with Gasteiger partial charge in [-0.3, -0.25) is 9.69 Å². The first-order valence-electron chi connectivity index (χ1n) is 10.7. The number of anilines is 1. The summed E-state index contributed by atoms with van der Waals surface area (Å²) in [6.07, 6.45) is 5.58. The molecule has 1 aromatic carbocycles. The molecule has 1 amide bonds. The van der Waals surface area contributed by atoms with Crippen LogP contribution in [0.3, 0.4) is 0 Å². The number of rotatable bonds is 5. The Labute approximate surface area is 181 Å². The van der Waals surface area contributed by atoms with Gasteiger partial charge in [-0.05, 0) is 80.7 Å². The van der Waals surface area contributed by atoms with Crippen molar-refractivity contribution in [2.75, 3.05) is 31.9 Å². The van der Waals surface area contributed by atoms with Crippen molar-refractivity contribution in [3.63, 3.8) is 0 Å². The second-order valence-electron chi connectivity index (χ2n) is 8.24. The number of nitrogens with zero attached hydrogens (tertiary/aromatic N) is 3. The van der Waals surface area contributed by atoms with Crippen LogP contribution >= 0.6 is 11.8 Å². The van der Waals surface area contributed by atoms with Crippen LogP contribution in [0.4, 0.5) is 10.2 Å². The number of nitrogen functional groups attached to an aromatic ring is 1. The van der Waals surface area contributed by atoms with E-state index in [2.05, 4.69) is 14.8 Å². The van der Waals surface area contributed by atoms with Gasteiger partial charge in [0.05, 0.1) is 0 Å². The van der Waals surface area contributed by atoms with Crippen molar-refractivity contribution in [3.8, 4) is 0 Å². The Bertz CT molecular complexity index is 847. The van der Waals surface area contributed by atoms with Crippen LogP contribution in [0.25, 0.3) is 0 Å². The van der Waals surface area contributed by atoms with Gasteiger partial charge in [-0.15, -0.1) is 11.8 Å². The predicted molar refractivity (Wildman–Crippen MR) is 119 cm³/mol. The normalized spacial score (nSPS) is 19.2. The molecule has 30 heavy (non-hydrogen) atoms. The minimum absolute atomic E-state index is 0.144. The van der Waals surface area contributed by atoms with E-state index in [1.807, 2.05) is 24.3 Å². The maximum Gasteiger partial charge on any atom is 0.225 e. The predicted octanol–water partition coefficient (Wildman–Crippen LogP) is 3.80. The van der Waals surface area contributed by atoms with Crippen molar-refractivity contribution >= 4 is 23.5 Å². The number of amides is 1. The molecule has 7 heteroatoms. The third-order valence-corrected chi connectivity index (χ3v) is 7.41. The molecule has 0 radical (unpaired) electrons. The molecule has 2 N–H and O–H groups in total. The Morgan fingerprint density at radius 2 is 1.77 bits per heavy atom. The van der Waals surface area contributed by atoms with Crippen molar-refractivity contribution in [1.29, 1.82) is 0 Å². The zero-order valence-corrected chi connectivity index (χ0v) is 18.0. The smallest absolute Gasteiger partial charge is 0.225 e. The Morgan fingerprint density at radius 1 is 1.07 bits per heavy atom. The molecule has 0 aliphatic carbocycles. The molecular weight excluding hydrogens is 399 g/mol. The third kappa shape index (κ3) is 5.52. The van der Waals surface area contributed by atoms with E-state index < -0.39 is 0 Å². The number of pyridine rings is 1. The van der Waals surface area contributed by atoms with Crippen molar-refractivity contribution in [3.05, 3.63) is 54.0 Å². The topological polar surface area (TPSA) is 62.5 Å². The lowest BCUT2D eigenvalue weighted by atomic mass is 9.94. The number of aromatic nitrogens is 1. The summed E-state index contributed by atoms with van der Waals surface area (Å²) >= 11 is 1.80. The molecule has 2 aliphatic rings.